The number of aliphatic carboxylic acids is 1. The van der Waals surface area contributed by atoms with Crippen LogP contribution in [0.15, 0.2) is 30.5 Å². The molecule has 1 N–H and O–H groups in total. The first-order chi connectivity index (χ1) is 8.58. The SMILES string of the molecule is Cc1cccc(-c2ncc(CCC(=O)O)n2C)c1. The number of aryl methyl sites for hydroxylation is 2. The Morgan fingerprint density at radius 2 is 2.22 bits per heavy atom. The first kappa shape index (κ1) is 12.4. The number of carboxylic acid groups (broad SMARTS) is 1. The van der Waals surface area contributed by atoms with Crippen LogP contribution in [-0.4, -0.2) is 20.6 Å². The van der Waals surface area contributed by atoms with Gasteiger partial charge in [0, 0.05) is 24.5 Å². The van der Waals surface area contributed by atoms with E-state index in [1.807, 2.05) is 36.7 Å². The maximum Gasteiger partial charge on any atom is 0.303 e. The molecule has 0 amide bonds. The van der Waals surface area contributed by atoms with Gasteiger partial charge in [-0.3, -0.25) is 4.79 Å². The maximum absolute atomic E-state index is 10.6. The van der Waals surface area contributed by atoms with E-state index in [1.165, 1.54) is 5.56 Å². The second-order valence-corrected chi connectivity index (χ2v) is 4.40. The minimum Gasteiger partial charge on any atom is -0.481 e. The van der Waals surface area contributed by atoms with Gasteiger partial charge in [0.05, 0.1) is 6.42 Å². The lowest BCUT2D eigenvalue weighted by Crippen LogP contribution is -2.03. The molecule has 0 spiro atoms. The molecule has 4 heteroatoms. The molecule has 0 aliphatic rings. The molecule has 0 saturated carbocycles. The van der Waals surface area contributed by atoms with E-state index in [0.29, 0.717) is 6.42 Å². The molecule has 2 aromatic rings. The molecule has 94 valence electrons. The molecule has 0 unspecified atom stereocenters. The Morgan fingerprint density at radius 3 is 2.89 bits per heavy atom. The summed E-state index contributed by atoms with van der Waals surface area (Å²) in [5.41, 5.74) is 3.18. The van der Waals surface area contributed by atoms with E-state index in [2.05, 4.69) is 11.1 Å². The van der Waals surface area contributed by atoms with E-state index in [1.54, 1.807) is 6.20 Å². The summed E-state index contributed by atoms with van der Waals surface area (Å²) in [7, 11) is 1.92. The van der Waals surface area contributed by atoms with Gasteiger partial charge in [0.1, 0.15) is 5.82 Å². The van der Waals surface area contributed by atoms with E-state index >= 15 is 0 Å². The highest BCUT2D eigenvalue weighted by atomic mass is 16.4. The molecule has 0 atom stereocenters. The summed E-state index contributed by atoms with van der Waals surface area (Å²) in [6, 6.07) is 8.12. The van der Waals surface area contributed by atoms with Gasteiger partial charge in [0.25, 0.3) is 0 Å². The Morgan fingerprint density at radius 1 is 1.44 bits per heavy atom. The van der Waals surface area contributed by atoms with E-state index in [4.69, 9.17) is 5.11 Å². The maximum atomic E-state index is 10.6. The summed E-state index contributed by atoms with van der Waals surface area (Å²) in [4.78, 5) is 15.0. The number of imidazole rings is 1. The van der Waals surface area contributed by atoms with Gasteiger partial charge >= 0.3 is 5.97 Å². The molecule has 1 heterocycles. The van der Waals surface area contributed by atoms with E-state index in [0.717, 1.165) is 17.1 Å². The van der Waals surface area contributed by atoms with Crippen LogP contribution >= 0.6 is 0 Å². The summed E-state index contributed by atoms with van der Waals surface area (Å²) >= 11 is 0. The Kier molecular flexibility index (Phi) is 3.46. The second-order valence-electron chi connectivity index (χ2n) is 4.40. The number of hydrogen-bond donors (Lipinski definition) is 1. The molecular formula is C14H16N2O2. The van der Waals surface area contributed by atoms with Gasteiger partial charge in [0.15, 0.2) is 0 Å². The molecular weight excluding hydrogens is 228 g/mol. The van der Waals surface area contributed by atoms with Gasteiger partial charge in [0.2, 0.25) is 0 Å². The van der Waals surface area contributed by atoms with E-state index < -0.39 is 5.97 Å². The van der Waals surface area contributed by atoms with E-state index in [-0.39, 0.29) is 6.42 Å². The molecule has 0 fully saturated rings. The Balaban J connectivity index is 2.28. The minimum absolute atomic E-state index is 0.132. The summed E-state index contributed by atoms with van der Waals surface area (Å²) < 4.78 is 1.96. The van der Waals surface area contributed by atoms with Gasteiger partial charge in [-0.15, -0.1) is 0 Å². The molecule has 18 heavy (non-hydrogen) atoms. The molecule has 1 aromatic heterocycles. The van der Waals surface area contributed by atoms with Gasteiger partial charge < -0.3 is 9.67 Å². The highest BCUT2D eigenvalue weighted by Crippen LogP contribution is 2.20. The predicted octanol–water partition coefficient (Wildman–Crippen LogP) is 2.41. The van der Waals surface area contributed by atoms with E-state index in [9.17, 15) is 4.79 Å². The zero-order chi connectivity index (χ0) is 13.1. The lowest BCUT2D eigenvalue weighted by atomic mass is 10.1. The molecule has 2 rings (SSSR count). The number of nitrogens with zero attached hydrogens (tertiary/aromatic N) is 2. The Bertz CT molecular complexity index is 573. The van der Waals surface area contributed by atoms with Gasteiger partial charge in [-0.2, -0.15) is 0 Å². The van der Waals surface area contributed by atoms with Gasteiger partial charge in [-0.1, -0.05) is 23.8 Å². The first-order valence-corrected chi connectivity index (χ1v) is 5.87. The quantitative estimate of drug-likeness (QED) is 0.898. The average Bonchev–Trinajstić information content (AvgIpc) is 2.68. The third kappa shape index (κ3) is 2.59. The predicted molar refractivity (Wildman–Crippen MR) is 69.3 cm³/mol. The topological polar surface area (TPSA) is 55.1 Å². The molecule has 0 aliphatic carbocycles. The highest BCUT2D eigenvalue weighted by Gasteiger charge is 2.09. The summed E-state index contributed by atoms with van der Waals surface area (Å²) in [6.45, 7) is 2.04. The fraction of sp³-hybridized carbons (Fsp3) is 0.286. The lowest BCUT2D eigenvalue weighted by Gasteiger charge is -2.06. The molecule has 4 nitrogen and oxygen atoms in total. The van der Waals surface area contributed by atoms with Crippen molar-refractivity contribution in [1.82, 2.24) is 9.55 Å². The summed E-state index contributed by atoms with van der Waals surface area (Å²) in [5.74, 6) is 0.0902. The average molecular weight is 244 g/mol. The number of carboxylic acids is 1. The summed E-state index contributed by atoms with van der Waals surface area (Å²) in [5, 5.41) is 8.70. The van der Waals surface area contributed by atoms with Crippen molar-refractivity contribution >= 4 is 5.97 Å². The standard InChI is InChI=1S/C14H16N2O2/c1-10-4-3-5-11(8-10)14-15-9-12(16(14)2)6-7-13(17)18/h3-5,8-9H,6-7H2,1-2H3,(H,17,18). The third-order valence-corrected chi connectivity index (χ3v) is 2.96. The van der Waals surface area contributed by atoms with Crippen LogP contribution in [-0.2, 0) is 18.3 Å². The van der Waals surface area contributed by atoms with Crippen LogP contribution in [0.5, 0.6) is 0 Å². The Hall–Kier alpha value is -2.10. The number of carbonyl (C=O) groups is 1. The van der Waals surface area contributed by atoms with Crippen LogP contribution in [0.25, 0.3) is 11.4 Å². The zero-order valence-electron chi connectivity index (χ0n) is 10.6. The smallest absolute Gasteiger partial charge is 0.303 e. The van der Waals surface area contributed by atoms with Crippen LogP contribution in [0.2, 0.25) is 0 Å². The fourth-order valence-electron chi connectivity index (χ4n) is 1.96. The van der Waals surface area contributed by atoms with Crippen molar-refractivity contribution in [2.75, 3.05) is 0 Å². The number of benzene rings is 1. The lowest BCUT2D eigenvalue weighted by molar-refractivity contribution is -0.136. The molecule has 1 aromatic carbocycles. The largest absolute Gasteiger partial charge is 0.481 e. The van der Waals surface area contributed by atoms with Crippen LogP contribution in [0.4, 0.5) is 0 Å². The van der Waals surface area contributed by atoms with Gasteiger partial charge in [-0.05, 0) is 19.4 Å². The minimum atomic E-state index is -0.784. The zero-order valence-corrected chi connectivity index (χ0v) is 10.6. The van der Waals surface area contributed by atoms with Crippen LogP contribution in [0.1, 0.15) is 17.7 Å². The number of aromatic nitrogens is 2. The first-order valence-electron chi connectivity index (χ1n) is 5.87. The third-order valence-electron chi connectivity index (χ3n) is 2.96. The summed E-state index contributed by atoms with van der Waals surface area (Å²) in [6.07, 6.45) is 2.39. The number of hydrogen-bond acceptors (Lipinski definition) is 2. The van der Waals surface area contributed by atoms with Crippen molar-refractivity contribution in [3.8, 4) is 11.4 Å². The second kappa shape index (κ2) is 5.04. The van der Waals surface area contributed by atoms with Crippen molar-refractivity contribution in [1.29, 1.82) is 0 Å². The molecule has 0 aliphatic heterocycles. The number of rotatable bonds is 4. The monoisotopic (exact) mass is 244 g/mol. The highest BCUT2D eigenvalue weighted by molar-refractivity contribution is 5.67. The van der Waals surface area contributed by atoms with Crippen molar-refractivity contribution in [3.05, 3.63) is 41.7 Å². The van der Waals surface area contributed by atoms with Crippen molar-refractivity contribution in [2.45, 2.75) is 19.8 Å². The van der Waals surface area contributed by atoms with Crippen LogP contribution < -0.4 is 0 Å². The normalized spacial score (nSPS) is 10.6. The Labute approximate surface area is 106 Å². The van der Waals surface area contributed by atoms with Crippen LogP contribution in [0.3, 0.4) is 0 Å². The van der Waals surface area contributed by atoms with Crippen molar-refractivity contribution in [2.24, 2.45) is 7.05 Å². The molecule has 0 bridgehead atoms. The fourth-order valence-corrected chi connectivity index (χ4v) is 1.96. The molecule has 0 saturated heterocycles. The van der Waals surface area contributed by atoms with Crippen molar-refractivity contribution in [3.63, 3.8) is 0 Å². The van der Waals surface area contributed by atoms with Crippen molar-refractivity contribution < 1.29 is 9.90 Å². The van der Waals surface area contributed by atoms with Crippen LogP contribution in [0, 0.1) is 6.92 Å². The molecule has 0 radical (unpaired) electrons. The van der Waals surface area contributed by atoms with Gasteiger partial charge in [-0.25, -0.2) is 4.98 Å².